The summed E-state index contributed by atoms with van der Waals surface area (Å²) in [6.45, 7) is 0. The number of carboxylic acids is 1. The number of carbonyl (C=O) groups is 1. The number of nitrogens with zero attached hydrogens (tertiary/aromatic N) is 1. The average Bonchev–Trinajstić information content (AvgIpc) is 2.51. The van der Waals surface area contributed by atoms with E-state index in [1.807, 2.05) is 40.9 Å². The van der Waals surface area contributed by atoms with Crippen molar-refractivity contribution in [2.24, 2.45) is 0 Å². The van der Waals surface area contributed by atoms with Crippen molar-refractivity contribution >= 4 is 11.5 Å². The lowest BCUT2D eigenvalue weighted by Crippen LogP contribution is -2.04. The zero-order chi connectivity index (χ0) is 9.26. The van der Waals surface area contributed by atoms with E-state index in [9.17, 15) is 4.79 Å². The van der Waals surface area contributed by atoms with Crippen molar-refractivity contribution in [3.05, 3.63) is 42.2 Å². The number of hydrogen-bond acceptors (Lipinski definition) is 1. The van der Waals surface area contributed by atoms with Crippen LogP contribution in [0.5, 0.6) is 0 Å². The number of hydrogen-bond donors (Lipinski definition) is 1. The number of fused-ring (bicyclic) bond motifs is 1. The van der Waals surface area contributed by atoms with Crippen LogP contribution in [0.15, 0.2) is 36.5 Å². The van der Waals surface area contributed by atoms with Crippen molar-refractivity contribution in [3.63, 3.8) is 0 Å². The molecular weight excluding hydrogens is 166 g/mol. The summed E-state index contributed by atoms with van der Waals surface area (Å²) in [6, 6.07) is 9.49. The molecule has 2 rings (SSSR count). The molecule has 0 aliphatic heterocycles. The normalized spacial score (nSPS) is 10.5. The van der Waals surface area contributed by atoms with Gasteiger partial charge in [0.2, 0.25) is 0 Å². The van der Waals surface area contributed by atoms with Gasteiger partial charge in [-0.2, -0.15) is 0 Å². The Morgan fingerprint density at radius 1 is 1.31 bits per heavy atom. The SMILES string of the molecule is O=C(O)Cc1cccc2cccn12. The second-order valence-electron chi connectivity index (χ2n) is 2.89. The van der Waals surface area contributed by atoms with Gasteiger partial charge < -0.3 is 9.51 Å². The lowest BCUT2D eigenvalue weighted by molar-refractivity contribution is -0.136. The largest absolute Gasteiger partial charge is 0.481 e. The van der Waals surface area contributed by atoms with Crippen molar-refractivity contribution in [1.82, 2.24) is 4.40 Å². The molecular formula is C10H9NO2. The van der Waals surface area contributed by atoms with Crippen LogP contribution in [0.3, 0.4) is 0 Å². The van der Waals surface area contributed by atoms with E-state index >= 15 is 0 Å². The average molecular weight is 175 g/mol. The maximum atomic E-state index is 10.5. The van der Waals surface area contributed by atoms with Crippen LogP contribution in [0.4, 0.5) is 0 Å². The minimum atomic E-state index is -0.804. The zero-order valence-corrected chi connectivity index (χ0v) is 6.97. The highest BCUT2D eigenvalue weighted by atomic mass is 16.4. The van der Waals surface area contributed by atoms with E-state index in [1.165, 1.54) is 0 Å². The second kappa shape index (κ2) is 2.94. The molecule has 0 saturated heterocycles. The molecule has 0 fully saturated rings. The predicted octanol–water partition coefficient (Wildman–Crippen LogP) is 1.57. The van der Waals surface area contributed by atoms with E-state index in [0.29, 0.717) is 0 Å². The number of carboxylic acid groups (broad SMARTS) is 1. The van der Waals surface area contributed by atoms with Crippen LogP contribution in [0.2, 0.25) is 0 Å². The maximum Gasteiger partial charge on any atom is 0.309 e. The first-order valence-electron chi connectivity index (χ1n) is 4.04. The monoisotopic (exact) mass is 175 g/mol. The summed E-state index contributed by atoms with van der Waals surface area (Å²) in [7, 11) is 0. The van der Waals surface area contributed by atoms with Crippen molar-refractivity contribution in [2.75, 3.05) is 0 Å². The summed E-state index contributed by atoms with van der Waals surface area (Å²) in [5.41, 5.74) is 1.83. The molecule has 13 heavy (non-hydrogen) atoms. The third-order valence-corrected chi connectivity index (χ3v) is 1.98. The number of pyridine rings is 1. The van der Waals surface area contributed by atoms with Gasteiger partial charge in [-0.1, -0.05) is 6.07 Å². The van der Waals surface area contributed by atoms with Crippen molar-refractivity contribution < 1.29 is 9.90 Å². The molecule has 0 spiro atoms. The van der Waals surface area contributed by atoms with Gasteiger partial charge in [0.25, 0.3) is 0 Å². The number of aromatic nitrogens is 1. The van der Waals surface area contributed by atoms with Gasteiger partial charge >= 0.3 is 5.97 Å². The molecule has 0 bridgehead atoms. The fourth-order valence-electron chi connectivity index (χ4n) is 1.43. The number of aliphatic carboxylic acids is 1. The molecule has 0 atom stereocenters. The van der Waals surface area contributed by atoms with Crippen LogP contribution in [0.25, 0.3) is 5.52 Å². The first kappa shape index (κ1) is 7.86. The van der Waals surface area contributed by atoms with Crippen LogP contribution in [0.1, 0.15) is 5.69 Å². The van der Waals surface area contributed by atoms with E-state index in [0.717, 1.165) is 11.2 Å². The third kappa shape index (κ3) is 1.40. The maximum absolute atomic E-state index is 10.5. The molecule has 0 aliphatic carbocycles. The molecule has 66 valence electrons. The first-order valence-corrected chi connectivity index (χ1v) is 4.04. The van der Waals surface area contributed by atoms with Crippen molar-refractivity contribution in [3.8, 4) is 0 Å². The summed E-state index contributed by atoms with van der Waals surface area (Å²) < 4.78 is 1.88. The Morgan fingerprint density at radius 2 is 2.08 bits per heavy atom. The predicted molar refractivity (Wildman–Crippen MR) is 48.7 cm³/mol. The summed E-state index contributed by atoms with van der Waals surface area (Å²) in [5.74, 6) is -0.804. The zero-order valence-electron chi connectivity index (χ0n) is 6.97. The molecule has 3 heteroatoms. The van der Waals surface area contributed by atoms with Gasteiger partial charge in [-0.3, -0.25) is 4.79 Å². The van der Waals surface area contributed by atoms with Gasteiger partial charge in [-0.05, 0) is 24.3 Å². The molecule has 0 radical (unpaired) electrons. The quantitative estimate of drug-likeness (QED) is 0.752. The fraction of sp³-hybridized carbons (Fsp3) is 0.100. The lowest BCUT2D eigenvalue weighted by atomic mass is 10.2. The van der Waals surface area contributed by atoms with Gasteiger partial charge in [0, 0.05) is 17.4 Å². The molecule has 1 N–H and O–H groups in total. The minimum absolute atomic E-state index is 0.0615. The van der Waals surface area contributed by atoms with E-state index in [-0.39, 0.29) is 6.42 Å². The molecule has 2 aromatic rings. The highest BCUT2D eigenvalue weighted by molar-refractivity contribution is 5.70. The summed E-state index contributed by atoms with van der Waals surface area (Å²) in [6.07, 6.45) is 1.93. The van der Waals surface area contributed by atoms with Crippen LogP contribution in [0, 0.1) is 0 Å². The van der Waals surface area contributed by atoms with Gasteiger partial charge in [-0.15, -0.1) is 0 Å². The van der Waals surface area contributed by atoms with Crippen LogP contribution < -0.4 is 0 Å². The Hall–Kier alpha value is -1.77. The lowest BCUT2D eigenvalue weighted by Gasteiger charge is -2.02. The first-order chi connectivity index (χ1) is 6.27. The fourth-order valence-corrected chi connectivity index (χ4v) is 1.43. The third-order valence-electron chi connectivity index (χ3n) is 1.98. The molecule has 0 aromatic carbocycles. The van der Waals surface area contributed by atoms with E-state index < -0.39 is 5.97 Å². The highest BCUT2D eigenvalue weighted by Gasteiger charge is 2.03. The number of rotatable bonds is 2. The molecule has 0 saturated carbocycles. The Bertz CT molecular complexity index is 445. The van der Waals surface area contributed by atoms with Crippen LogP contribution in [-0.4, -0.2) is 15.5 Å². The van der Waals surface area contributed by atoms with Crippen LogP contribution >= 0.6 is 0 Å². The van der Waals surface area contributed by atoms with Gasteiger partial charge in [0.1, 0.15) is 0 Å². The van der Waals surface area contributed by atoms with Gasteiger partial charge in [0.15, 0.2) is 0 Å². The van der Waals surface area contributed by atoms with E-state index in [4.69, 9.17) is 5.11 Å². The minimum Gasteiger partial charge on any atom is -0.481 e. The van der Waals surface area contributed by atoms with Crippen molar-refractivity contribution in [1.29, 1.82) is 0 Å². The summed E-state index contributed by atoms with van der Waals surface area (Å²) in [5, 5.41) is 8.65. The molecule has 0 amide bonds. The van der Waals surface area contributed by atoms with Crippen molar-refractivity contribution in [2.45, 2.75) is 6.42 Å². The Morgan fingerprint density at radius 3 is 2.85 bits per heavy atom. The van der Waals surface area contributed by atoms with Crippen LogP contribution in [-0.2, 0) is 11.2 Å². The standard InChI is InChI=1S/C10H9NO2/c12-10(13)7-9-4-1-3-8-5-2-6-11(8)9/h1-6H,7H2,(H,12,13). The van der Waals surface area contributed by atoms with Gasteiger partial charge in [-0.25, -0.2) is 0 Å². The summed E-state index contributed by atoms with van der Waals surface area (Å²) >= 11 is 0. The molecule has 2 heterocycles. The highest BCUT2D eigenvalue weighted by Crippen LogP contribution is 2.08. The molecule has 2 aromatic heterocycles. The Balaban J connectivity index is 2.54. The second-order valence-corrected chi connectivity index (χ2v) is 2.89. The Kier molecular flexibility index (Phi) is 1.77. The Labute approximate surface area is 75.2 Å². The van der Waals surface area contributed by atoms with E-state index in [1.54, 1.807) is 0 Å². The molecule has 0 unspecified atom stereocenters. The smallest absolute Gasteiger partial charge is 0.309 e. The topological polar surface area (TPSA) is 41.7 Å². The van der Waals surface area contributed by atoms with E-state index in [2.05, 4.69) is 0 Å². The van der Waals surface area contributed by atoms with Gasteiger partial charge in [0.05, 0.1) is 6.42 Å². The molecule has 3 nitrogen and oxygen atoms in total. The summed E-state index contributed by atoms with van der Waals surface area (Å²) in [4.78, 5) is 10.5. The molecule has 0 aliphatic rings.